The molecule has 0 radical (unpaired) electrons. The minimum absolute atomic E-state index is 0.0117. The predicted octanol–water partition coefficient (Wildman–Crippen LogP) is 5.37. The van der Waals surface area contributed by atoms with E-state index in [0.717, 1.165) is 5.57 Å². The first-order valence-electron chi connectivity index (χ1n) is 24.1. The molecule has 2 bridgehead atoms. The monoisotopic (exact) mass is 914 g/mol. The van der Waals surface area contributed by atoms with Crippen molar-refractivity contribution in [1.82, 2.24) is 4.90 Å². The van der Waals surface area contributed by atoms with Crippen molar-refractivity contribution >= 4 is 29.2 Å². The van der Waals surface area contributed by atoms with Gasteiger partial charge in [-0.25, -0.2) is 4.79 Å². The molecular formula is C51H79NO13. The van der Waals surface area contributed by atoms with Crippen molar-refractivity contribution in [2.45, 2.75) is 168 Å². The van der Waals surface area contributed by atoms with E-state index in [1.54, 1.807) is 40.9 Å². The lowest BCUT2D eigenvalue weighted by Gasteiger charge is -2.42. The molecule has 0 spiro atoms. The Balaban J connectivity index is 1.70. The zero-order valence-corrected chi connectivity index (χ0v) is 40.1. The number of hydrogen-bond acceptors (Lipinski definition) is 13. The predicted molar refractivity (Wildman–Crippen MR) is 245 cm³/mol. The number of nitrogens with zero attached hydrogens (tertiary/aromatic N) is 1. The van der Waals surface area contributed by atoms with Crippen LogP contribution in [0.15, 0.2) is 47.6 Å². The fourth-order valence-electron chi connectivity index (χ4n) is 10.3. The molecule has 1 aliphatic carbocycles. The molecule has 15 atom stereocenters. The highest BCUT2D eigenvalue weighted by molar-refractivity contribution is 6.39. The van der Waals surface area contributed by atoms with Crippen LogP contribution in [0, 0.1) is 47.3 Å². The van der Waals surface area contributed by atoms with E-state index >= 15 is 0 Å². The molecular weight excluding hydrogens is 835 g/mol. The van der Waals surface area contributed by atoms with Crippen LogP contribution < -0.4 is 0 Å². The van der Waals surface area contributed by atoms with Crippen molar-refractivity contribution in [2.24, 2.45) is 47.3 Å². The van der Waals surface area contributed by atoms with E-state index in [4.69, 9.17) is 14.2 Å². The molecule has 0 aromatic carbocycles. The molecule has 14 nitrogen and oxygen atoms in total. The zero-order valence-electron chi connectivity index (χ0n) is 40.1. The quantitative estimate of drug-likeness (QED) is 0.129. The summed E-state index contributed by atoms with van der Waals surface area (Å²) in [5.41, 5.74) is 1.21. The third-order valence-corrected chi connectivity index (χ3v) is 14.7. The van der Waals surface area contributed by atoms with Gasteiger partial charge in [0.15, 0.2) is 0 Å². The van der Waals surface area contributed by atoms with Gasteiger partial charge in [-0.1, -0.05) is 71.1 Å². The summed E-state index contributed by atoms with van der Waals surface area (Å²) in [5, 5.41) is 54.0. The molecule has 0 aromatic heterocycles. The highest BCUT2D eigenvalue weighted by atomic mass is 16.6. The van der Waals surface area contributed by atoms with Gasteiger partial charge in [0.25, 0.3) is 11.7 Å². The van der Waals surface area contributed by atoms with Gasteiger partial charge >= 0.3 is 5.97 Å². The van der Waals surface area contributed by atoms with E-state index in [1.165, 1.54) is 4.90 Å². The van der Waals surface area contributed by atoms with Crippen LogP contribution in [0.3, 0.4) is 0 Å². The maximum Gasteiger partial charge on any atom is 0.329 e. The second-order valence-corrected chi connectivity index (χ2v) is 19.9. The molecule has 366 valence electrons. The Morgan fingerprint density at radius 3 is 2.28 bits per heavy atom. The number of ether oxygens (including phenoxy) is 3. The van der Waals surface area contributed by atoms with E-state index in [1.807, 2.05) is 51.2 Å². The maximum absolute atomic E-state index is 14.3. The smallest absolute Gasteiger partial charge is 0.329 e. The third-order valence-electron chi connectivity index (χ3n) is 14.7. The van der Waals surface area contributed by atoms with Gasteiger partial charge in [-0.15, -0.1) is 0 Å². The fourth-order valence-corrected chi connectivity index (χ4v) is 10.3. The number of aliphatic hydroxyl groups is 5. The number of carbonyl (C=O) groups excluding carboxylic acids is 5. The molecule has 5 N–H and O–H groups in total. The van der Waals surface area contributed by atoms with Crippen LogP contribution in [0.25, 0.3) is 0 Å². The van der Waals surface area contributed by atoms with Gasteiger partial charge in [0.05, 0.1) is 36.9 Å². The Bertz CT molecular complexity index is 1760. The Morgan fingerprint density at radius 2 is 1.60 bits per heavy atom. The van der Waals surface area contributed by atoms with E-state index in [2.05, 4.69) is 0 Å². The van der Waals surface area contributed by atoms with Crippen molar-refractivity contribution in [3.8, 4) is 0 Å². The SMILES string of the molecule is CO[C@H]1C[C@@H]2CC[C@@H](C)[C@@](O)(O2)C(=O)C(=O)N2CCCC[C@H]2C(=O)OC([C@H](C)CC2CC[C@@H](O)[C@H](CO)C2)CC(=O)[C@H](C)/C=C(\C)[C@@H](O)[C@@H](CO)C(=O)[C@H](C)C[C@H](C)/C=C/C=C/C=C/1C. The van der Waals surface area contributed by atoms with Gasteiger partial charge in [-0.05, 0) is 107 Å². The lowest BCUT2D eigenvalue weighted by molar-refractivity contribution is -0.265. The minimum Gasteiger partial charge on any atom is -0.460 e. The largest absolute Gasteiger partial charge is 0.460 e. The van der Waals surface area contributed by atoms with Crippen molar-refractivity contribution in [3.63, 3.8) is 0 Å². The van der Waals surface area contributed by atoms with Crippen LogP contribution >= 0.6 is 0 Å². The highest BCUT2D eigenvalue weighted by Gasteiger charge is 2.53. The molecule has 3 aliphatic heterocycles. The van der Waals surface area contributed by atoms with Crippen LogP contribution in [0.1, 0.15) is 126 Å². The number of ketones is 3. The Labute approximate surface area is 386 Å². The number of carbonyl (C=O) groups is 5. The topological polar surface area (TPSA) is 217 Å². The van der Waals surface area contributed by atoms with E-state index in [9.17, 15) is 49.5 Å². The zero-order chi connectivity index (χ0) is 48.2. The van der Waals surface area contributed by atoms with Gasteiger partial charge in [0.1, 0.15) is 23.7 Å². The number of rotatable bonds is 6. The third kappa shape index (κ3) is 14.3. The molecule has 14 heteroatoms. The molecule has 2 unspecified atom stereocenters. The van der Waals surface area contributed by atoms with Crippen molar-refractivity contribution in [1.29, 1.82) is 0 Å². The van der Waals surface area contributed by atoms with Crippen LogP contribution in [0.2, 0.25) is 0 Å². The van der Waals surface area contributed by atoms with Crippen LogP contribution in [0.4, 0.5) is 0 Å². The average molecular weight is 914 g/mol. The molecule has 1 amide bonds. The molecule has 4 aliphatic rings. The number of aliphatic hydroxyl groups excluding tert-OH is 4. The Morgan fingerprint density at radius 1 is 0.877 bits per heavy atom. The summed E-state index contributed by atoms with van der Waals surface area (Å²) in [7, 11) is 1.57. The van der Waals surface area contributed by atoms with E-state index in [0.29, 0.717) is 69.8 Å². The van der Waals surface area contributed by atoms with Gasteiger partial charge in [-0.3, -0.25) is 19.2 Å². The summed E-state index contributed by atoms with van der Waals surface area (Å²) in [5.74, 6) is -9.71. The fraction of sp³-hybridized carbons (Fsp3) is 0.745. The number of fused-ring (bicyclic) bond motifs is 3. The molecule has 2 saturated heterocycles. The van der Waals surface area contributed by atoms with Gasteiger partial charge in [-0.2, -0.15) is 0 Å². The first kappa shape index (κ1) is 54.2. The second kappa shape index (κ2) is 25.1. The molecule has 3 heterocycles. The summed E-state index contributed by atoms with van der Waals surface area (Å²) in [6.45, 7) is 11.8. The maximum atomic E-state index is 14.3. The molecule has 1 saturated carbocycles. The number of hydrogen-bond donors (Lipinski definition) is 5. The lowest BCUT2D eigenvalue weighted by Crippen LogP contribution is -2.61. The van der Waals surface area contributed by atoms with Crippen LogP contribution in [-0.2, 0) is 38.2 Å². The summed E-state index contributed by atoms with van der Waals surface area (Å²) in [6, 6.07) is -1.16. The van der Waals surface area contributed by atoms with Gasteiger partial charge < -0.3 is 44.6 Å². The van der Waals surface area contributed by atoms with E-state index < -0.39 is 90.3 Å². The summed E-state index contributed by atoms with van der Waals surface area (Å²) in [4.78, 5) is 71.6. The normalized spacial score (nSPS) is 40.4. The summed E-state index contributed by atoms with van der Waals surface area (Å²) in [6.07, 6.45) is 12.1. The van der Waals surface area contributed by atoms with Gasteiger partial charge in [0, 0.05) is 56.8 Å². The summed E-state index contributed by atoms with van der Waals surface area (Å²) >= 11 is 0. The number of Topliss-reactive ketones (excluding diaryl/α,β-unsaturated/α-hetero) is 3. The van der Waals surface area contributed by atoms with Crippen molar-refractivity contribution < 1.29 is 63.7 Å². The molecule has 65 heavy (non-hydrogen) atoms. The average Bonchev–Trinajstić information content (AvgIpc) is 3.28. The standard InChI is InChI=1S/C51H79NO13/c1-30-14-10-9-11-15-31(2)44(63-8)26-39-19-17-36(7)51(62,65-39)48(59)49(60)52-21-13-12-16-41(52)50(61)64-45(33(4)24-37-18-20-42(55)38(25-37)28-53)27-43(56)32(3)23-35(6)47(58)40(29-54)46(57)34(5)22-30/h9-11,14-15,23,30,32-34,36-42,44-45,47,53-55,58,62H,12-13,16-22,24-29H2,1-8H3/b11-9+,14-10+,31-15+,35-23+/t30-,32-,33-,34-,36-,37?,38+,39+,40+,41+,42-,44+,45?,47-,51-/m1/s1. The minimum atomic E-state index is -2.44. The number of allylic oxidation sites excluding steroid dienone is 6. The lowest BCUT2D eigenvalue weighted by atomic mass is 9.75. The highest BCUT2D eigenvalue weighted by Crippen LogP contribution is 2.38. The number of esters is 1. The number of methoxy groups -OCH3 is 1. The van der Waals surface area contributed by atoms with Crippen molar-refractivity contribution in [2.75, 3.05) is 26.9 Å². The molecule has 3 fully saturated rings. The number of amides is 1. The second-order valence-electron chi connectivity index (χ2n) is 19.9. The summed E-state index contributed by atoms with van der Waals surface area (Å²) < 4.78 is 18.2. The number of cyclic esters (lactones) is 1. The van der Waals surface area contributed by atoms with Crippen LogP contribution in [0.5, 0.6) is 0 Å². The molecule has 4 rings (SSSR count). The Hall–Kier alpha value is -3.37. The van der Waals surface area contributed by atoms with Crippen molar-refractivity contribution in [3.05, 3.63) is 47.6 Å². The first-order valence-corrected chi connectivity index (χ1v) is 24.1. The Kier molecular flexibility index (Phi) is 21.0. The first-order chi connectivity index (χ1) is 30.7. The number of piperidine rings is 1. The van der Waals surface area contributed by atoms with Gasteiger partial charge in [0.2, 0.25) is 5.79 Å². The molecule has 0 aromatic rings. The van der Waals surface area contributed by atoms with Crippen LogP contribution in [-0.4, -0.2) is 129 Å². The van der Waals surface area contributed by atoms with E-state index in [-0.39, 0.29) is 61.2 Å².